The number of halogens is 3. The van der Waals surface area contributed by atoms with Crippen molar-refractivity contribution in [3.05, 3.63) is 64.0 Å². The monoisotopic (exact) mass is 335 g/mol. The molecule has 23 heavy (non-hydrogen) atoms. The molecule has 1 nitrogen and oxygen atoms in total. The van der Waals surface area contributed by atoms with Crippen LogP contribution < -0.4 is 0 Å². The van der Waals surface area contributed by atoms with E-state index in [0.717, 1.165) is 22.4 Å². The van der Waals surface area contributed by atoms with Crippen molar-refractivity contribution in [1.82, 2.24) is 0 Å². The molecule has 2 rings (SSSR count). The standard InChI is InChI=1S/C18H16F3NS/c1-4-22-17-6-10(2)13(5-11(17)3)18(23)9-14-15(20)7-12(19)8-16(14)21/h4-8H,9H2,1-3H3. The van der Waals surface area contributed by atoms with Gasteiger partial charge >= 0.3 is 0 Å². The van der Waals surface area contributed by atoms with E-state index in [2.05, 4.69) is 4.99 Å². The minimum atomic E-state index is -0.941. The fourth-order valence-electron chi connectivity index (χ4n) is 2.38. The van der Waals surface area contributed by atoms with Crippen LogP contribution in [0.5, 0.6) is 0 Å². The molecular formula is C18H16F3NS. The second-order valence-corrected chi connectivity index (χ2v) is 5.78. The van der Waals surface area contributed by atoms with Gasteiger partial charge in [0.05, 0.1) is 5.69 Å². The minimum absolute atomic E-state index is 0.0933. The molecule has 0 fully saturated rings. The van der Waals surface area contributed by atoms with Crippen molar-refractivity contribution in [2.75, 3.05) is 0 Å². The van der Waals surface area contributed by atoms with Crippen molar-refractivity contribution in [3.8, 4) is 0 Å². The van der Waals surface area contributed by atoms with Crippen molar-refractivity contribution >= 4 is 29.0 Å². The average molecular weight is 335 g/mol. The van der Waals surface area contributed by atoms with Gasteiger partial charge in [-0.05, 0) is 49.6 Å². The lowest BCUT2D eigenvalue weighted by Crippen LogP contribution is -2.08. The molecule has 0 aromatic heterocycles. The first-order valence-corrected chi connectivity index (χ1v) is 7.50. The highest BCUT2D eigenvalue weighted by Gasteiger charge is 2.16. The number of benzene rings is 2. The van der Waals surface area contributed by atoms with Gasteiger partial charge in [-0.2, -0.15) is 0 Å². The zero-order valence-electron chi connectivity index (χ0n) is 13.1. The third-order valence-corrected chi connectivity index (χ3v) is 3.92. The molecule has 2 aromatic carbocycles. The van der Waals surface area contributed by atoms with E-state index < -0.39 is 17.5 Å². The summed E-state index contributed by atoms with van der Waals surface area (Å²) < 4.78 is 40.5. The molecule has 0 saturated carbocycles. The van der Waals surface area contributed by atoms with Gasteiger partial charge < -0.3 is 0 Å². The van der Waals surface area contributed by atoms with Crippen LogP contribution in [-0.4, -0.2) is 11.1 Å². The number of rotatable bonds is 4. The molecule has 120 valence electrons. The SMILES string of the molecule is CC=Nc1cc(C)c(C(=S)Cc2c(F)cc(F)cc2F)cc1C. The van der Waals surface area contributed by atoms with Gasteiger partial charge in [0.15, 0.2) is 0 Å². The van der Waals surface area contributed by atoms with E-state index in [1.165, 1.54) is 0 Å². The summed E-state index contributed by atoms with van der Waals surface area (Å²) in [4.78, 5) is 4.66. The molecule has 0 spiro atoms. The van der Waals surface area contributed by atoms with E-state index in [4.69, 9.17) is 12.2 Å². The Bertz CT molecular complexity index is 774. The highest BCUT2D eigenvalue weighted by Crippen LogP contribution is 2.25. The number of aliphatic imine (C=N–C) groups is 1. The van der Waals surface area contributed by atoms with Crippen LogP contribution in [0, 0.1) is 31.3 Å². The van der Waals surface area contributed by atoms with Crippen LogP contribution in [0.25, 0.3) is 0 Å². The second kappa shape index (κ2) is 7.04. The Labute approximate surface area is 138 Å². The highest BCUT2D eigenvalue weighted by molar-refractivity contribution is 7.80. The molecule has 0 heterocycles. The summed E-state index contributed by atoms with van der Waals surface area (Å²) in [5.41, 5.74) is 3.16. The fraction of sp³-hybridized carbons (Fsp3) is 0.222. The topological polar surface area (TPSA) is 12.4 Å². The van der Waals surface area contributed by atoms with Crippen LogP contribution in [0.15, 0.2) is 29.3 Å². The molecule has 0 bridgehead atoms. The molecule has 0 saturated heterocycles. The quantitative estimate of drug-likeness (QED) is 0.414. The summed E-state index contributed by atoms with van der Waals surface area (Å²) in [6, 6.07) is 5.07. The lowest BCUT2D eigenvalue weighted by Gasteiger charge is -2.12. The van der Waals surface area contributed by atoms with Crippen LogP contribution in [0.1, 0.15) is 29.2 Å². The normalized spacial score (nSPS) is 11.2. The summed E-state index contributed by atoms with van der Waals surface area (Å²) in [7, 11) is 0. The maximum atomic E-state index is 13.8. The van der Waals surface area contributed by atoms with Crippen LogP contribution in [0.3, 0.4) is 0 Å². The van der Waals surface area contributed by atoms with E-state index in [9.17, 15) is 13.2 Å². The van der Waals surface area contributed by atoms with Crippen LogP contribution in [0.2, 0.25) is 0 Å². The lowest BCUT2D eigenvalue weighted by molar-refractivity contribution is 0.530. The van der Waals surface area contributed by atoms with E-state index in [0.29, 0.717) is 17.0 Å². The molecule has 5 heteroatoms. The zero-order chi connectivity index (χ0) is 17.1. The van der Waals surface area contributed by atoms with Crippen LogP contribution in [-0.2, 0) is 6.42 Å². The Morgan fingerprint density at radius 2 is 1.65 bits per heavy atom. The molecule has 0 unspecified atom stereocenters. The lowest BCUT2D eigenvalue weighted by atomic mass is 9.97. The molecule has 0 aliphatic rings. The zero-order valence-corrected chi connectivity index (χ0v) is 13.9. The third kappa shape index (κ3) is 3.85. The van der Waals surface area contributed by atoms with Crippen molar-refractivity contribution in [1.29, 1.82) is 0 Å². The smallest absolute Gasteiger partial charge is 0.132 e. The number of hydrogen-bond donors (Lipinski definition) is 0. The highest BCUT2D eigenvalue weighted by atomic mass is 32.1. The van der Waals surface area contributed by atoms with E-state index in [-0.39, 0.29) is 12.0 Å². The molecule has 0 amide bonds. The maximum Gasteiger partial charge on any atom is 0.132 e. The Kier molecular flexibility index (Phi) is 5.31. The number of hydrogen-bond acceptors (Lipinski definition) is 2. The predicted octanol–water partition coefficient (Wildman–Crippen LogP) is 5.40. The van der Waals surface area contributed by atoms with Crippen LogP contribution >= 0.6 is 12.2 Å². The number of thiocarbonyl (C=S) groups is 1. The molecule has 0 aliphatic heterocycles. The van der Waals surface area contributed by atoms with Gasteiger partial charge in [-0.25, -0.2) is 13.2 Å². The molecule has 0 atom stereocenters. The number of nitrogens with zero attached hydrogens (tertiary/aromatic N) is 1. The van der Waals surface area contributed by atoms with Gasteiger partial charge in [0.25, 0.3) is 0 Å². The van der Waals surface area contributed by atoms with Crippen molar-refractivity contribution in [3.63, 3.8) is 0 Å². The van der Waals surface area contributed by atoms with Gasteiger partial charge in [0, 0.05) is 35.2 Å². The maximum absolute atomic E-state index is 13.8. The molecule has 0 N–H and O–H groups in total. The molecule has 0 aliphatic carbocycles. The molecular weight excluding hydrogens is 319 g/mol. The van der Waals surface area contributed by atoms with Crippen molar-refractivity contribution in [2.24, 2.45) is 4.99 Å². The van der Waals surface area contributed by atoms with Gasteiger partial charge in [-0.1, -0.05) is 12.2 Å². The summed E-state index contributed by atoms with van der Waals surface area (Å²) in [6.45, 7) is 5.59. The summed E-state index contributed by atoms with van der Waals surface area (Å²) in [5, 5.41) is 0. The Balaban J connectivity index is 2.37. The Morgan fingerprint density at radius 1 is 1.04 bits per heavy atom. The average Bonchev–Trinajstić information content (AvgIpc) is 2.46. The van der Waals surface area contributed by atoms with Gasteiger partial charge in [0.2, 0.25) is 0 Å². The minimum Gasteiger partial charge on any atom is -0.261 e. The first kappa shape index (κ1) is 17.3. The van der Waals surface area contributed by atoms with E-state index in [1.807, 2.05) is 32.9 Å². The van der Waals surface area contributed by atoms with Gasteiger partial charge in [-0.15, -0.1) is 0 Å². The Morgan fingerprint density at radius 3 is 2.22 bits per heavy atom. The summed E-state index contributed by atoms with van der Waals surface area (Å²) >= 11 is 5.34. The Hall–Kier alpha value is -2.01. The second-order valence-electron chi connectivity index (χ2n) is 5.29. The first-order chi connectivity index (χ1) is 10.8. The van der Waals surface area contributed by atoms with Gasteiger partial charge in [-0.3, -0.25) is 4.99 Å². The predicted molar refractivity (Wildman–Crippen MR) is 91.5 cm³/mol. The van der Waals surface area contributed by atoms with E-state index in [1.54, 1.807) is 6.21 Å². The molecule has 2 aromatic rings. The van der Waals surface area contributed by atoms with Crippen molar-refractivity contribution < 1.29 is 13.2 Å². The van der Waals surface area contributed by atoms with Crippen LogP contribution in [0.4, 0.5) is 18.9 Å². The summed E-state index contributed by atoms with van der Waals surface area (Å²) in [5.74, 6) is -2.79. The summed E-state index contributed by atoms with van der Waals surface area (Å²) in [6.07, 6.45) is 1.60. The van der Waals surface area contributed by atoms with Gasteiger partial charge in [0.1, 0.15) is 17.5 Å². The molecule has 0 radical (unpaired) electrons. The third-order valence-electron chi connectivity index (χ3n) is 3.55. The van der Waals surface area contributed by atoms with Crippen molar-refractivity contribution in [2.45, 2.75) is 27.2 Å². The number of aryl methyl sites for hydroxylation is 2. The fourth-order valence-corrected chi connectivity index (χ4v) is 2.74. The largest absolute Gasteiger partial charge is 0.261 e. The first-order valence-electron chi connectivity index (χ1n) is 7.10. The van der Waals surface area contributed by atoms with E-state index >= 15 is 0 Å².